The lowest BCUT2D eigenvalue weighted by atomic mass is 10.1. The monoisotopic (exact) mass is 425 g/mol. The van der Waals surface area contributed by atoms with Gasteiger partial charge in [-0.15, -0.1) is 0 Å². The Morgan fingerprint density at radius 2 is 1.93 bits per heavy atom. The standard InChI is InChI=1S/C24H31N3O2S/c1-3-4-5-8-13-25-23(28)18-11-12-20-21(14-18)27-24(29)22(26-20)16-30-15-19-10-7-6-9-17(19)2/h6-7,9-12,14,22,26H,3-5,8,13,15-16H2,1-2H3,(H,25,28)(H,27,29)/t22-/m0/s1. The van der Waals surface area contributed by atoms with Crippen LogP contribution in [0.3, 0.4) is 0 Å². The van der Waals surface area contributed by atoms with E-state index in [0.29, 0.717) is 23.5 Å². The number of aryl methyl sites for hydroxylation is 1. The van der Waals surface area contributed by atoms with E-state index >= 15 is 0 Å². The van der Waals surface area contributed by atoms with E-state index in [2.05, 4.69) is 41.9 Å². The Morgan fingerprint density at radius 3 is 2.73 bits per heavy atom. The highest BCUT2D eigenvalue weighted by Gasteiger charge is 2.26. The molecule has 2 amide bonds. The Kier molecular flexibility index (Phi) is 8.20. The molecule has 0 fully saturated rings. The highest BCUT2D eigenvalue weighted by Crippen LogP contribution is 2.29. The molecule has 0 saturated heterocycles. The van der Waals surface area contributed by atoms with Gasteiger partial charge in [-0.3, -0.25) is 9.59 Å². The molecule has 2 aromatic carbocycles. The summed E-state index contributed by atoms with van der Waals surface area (Å²) in [5.74, 6) is 1.40. The summed E-state index contributed by atoms with van der Waals surface area (Å²) in [6.07, 6.45) is 4.49. The molecule has 1 atom stereocenters. The van der Waals surface area contributed by atoms with Crippen molar-refractivity contribution in [1.29, 1.82) is 0 Å². The van der Waals surface area contributed by atoms with Crippen molar-refractivity contribution < 1.29 is 9.59 Å². The number of amides is 2. The van der Waals surface area contributed by atoms with Crippen LogP contribution in [0.25, 0.3) is 0 Å². The molecule has 0 radical (unpaired) electrons. The average Bonchev–Trinajstić information content (AvgIpc) is 2.74. The van der Waals surface area contributed by atoms with E-state index in [4.69, 9.17) is 0 Å². The van der Waals surface area contributed by atoms with Gasteiger partial charge in [0.1, 0.15) is 6.04 Å². The minimum absolute atomic E-state index is 0.0584. The van der Waals surface area contributed by atoms with Crippen molar-refractivity contribution in [3.8, 4) is 0 Å². The Hall–Kier alpha value is -2.47. The van der Waals surface area contributed by atoms with Crippen LogP contribution in [-0.2, 0) is 10.5 Å². The zero-order chi connectivity index (χ0) is 21.3. The number of rotatable bonds is 10. The number of hydrogen-bond donors (Lipinski definition) is 3. The number of hydrogen-bond acceptors (Lipinski definition) is 4. The molecule has 1 heterocycles. The molecule has 0 aliphatic carbocycles. The second-order valence-electron chi connectivity index (χ2n) is 7.70. The Labute approximate surface area is 183 Å². The Morgan fingerprint density at radius 1 is 1.10 bits per heavy atom. The number of carbonyl (C=O) groups is 2. The van der Waals surface area contributed by atoms with Gasteiger partial charge < -0.3 is 16.0 Å². The highest BCUT2D eigenvalue weighted by atomic mass is 32.2. The second kappa shape index (κ2) is 11.1. The molecule has 1 aliphatic heterocycles. The number of benzene rings is 2. The third-order valence-corrected chi connectivity index (χ3v) is 6.39. The lowest BCUT2D eigenvalue weighted by Crippen LogP contribution is -2.40. The van der Waals surface area contributed by atoms with Crippen LogP contribution >= 0.6 is 11.8 Å². The first-order chi connectivity index (χ1) is 14.6. The Bertz CT molecular complexity index is 885. The smallest absolute Gasteiger partial charge is 0.251 e. The van der Waals surface area contributed by atoms with E-state index in [1.807, 2.05) is 24.3 Å². The lowest BCUT2D eigenvalue weighted by molar-refractivity contribution is -0.116. The van der Waals surface area contributed by atoms with Gasteiger partial charge in [0.05, 0.1) is 11.4 Å². The number of nitrogens with one attached hydrogen (secondary N) is 3. The zero-order valence-corrected chi connectivity index (χ0v) is 18.6. The van der Waals surface area contributed by atoms with Crippen molar-refractivity contribution in [1.82, 2.24) is 5.32 Å². The van der Waals surface area contributed by atoms with Gasteiger partial charge in [-0.1, -0.05) is 50.5 Å². The number of thioether (sulfide) groups is 1. The van der Waals surface area contributed by atoms with Gasteiger partial charge in [0.15, 0.2) is 0 Å². The predicted molar refractivity (Wildman–Crippen MR) is 126 cm³/mol. The van der Waals surface area contributed by atoms with Crippen LogP contribution in [-0.4, -0.2) is 30.2 Å². The first-order valence-corrected chi connectivity index (χ1v) is 11.9. The van der Waals surface area contributed by atoms with Crippen molar-refractivity contribution in [2.75, 3.05) is 22.9 Å². The third kappa shape index (κ3) is 6.02. The third-order valence-electron chi connectivity index (χ3n) is 5.31. The van der Waals surface area contributed by atoms with Crippen molar-refractivity contribution in [2.45, 2.75) is 51.3 Å². The topological polar surface area (TPSA) is 70.2 Å². The molecule has 3 N–H and O–H groups in total. The second-order valence-corrected chi connectivity index (χ2v) is 8.73. The fraction of sp³-hybridized carbons (Fsp3) is 0.417. The summed E-state index contributed by atoms with van der Waals surface area (Å²) in [5, 5.41) is 9.23. The molecule has 3 rings (SSSR count). The molecule has 5 nitrogen and oxygen atoms in total. The fourth-order valence-corrected chi connectivity index (χ4v) is 4.55. The van der Waals surface area contributed by atoms with E-state index in [9.17, 15) is 9.59 Å². The molecule has 6 heteroatoms. The summed E-state index contributed by atoms with van der Waals surface area (Å²) in [7, 11) is 0. The lowest BCUT2D eigenvalue weighted by Gasteiger charge is -2.27. The summed E-state index contributed by atoms with van der Waals surface area (Å²) in [4.78, 5) is 24.9. The molecule has 30 heavy (non-hydrogen) atoms. The molecular weight excluding hydrogens is 394 g/mol. The molecular formula is C24H31N3O2S. The number of carbonyl (C=O) groups excluding carboxylic acids is 2. The summed E-state index contributed by atoms with van der Waals surface area (Å²) in [6, 6.07) is 13.5. The van der Waals surface area contributed by atoms with Gasteiger partial charge in [-0.05, 0) is 42.7 Å². The molecule has 0 bridgehead atoms. The SMILES string of the molecule is CCCCCCNC(=O)c1ccc2c(c1)NC(=O)[C@H](CSCc1ccccc1C)N2. The van der Waals surface area contributed by atoms with Gasteiger partial charge >= 0.3 is 0 Å². The first kappa shape index (κ1) is 22.2. The Balaban J connectivity index is 1.52. The van der Waals surface area contributed by atoms with E-state index in [0.717, 1.165) is 24.3 Å². The minimum Gasteiger partial charge on any atom is -0.371 e. The van der Waals surface area contributed by atoms with Crippen molar-refractivity contribution in [3.63, 3.8) is 0 Å². The first-order valence-electron chi connectivity index (χ1n) is 10.7. The van der Waals surface area contributed by atoms with E-state index in [-0.39, 0.29) is 17.9 Å². The average molecular weight is 426 g/mol. The summed E-state index contributed by atoms with van der Waals surface area (Å²) < 4.78 is 0. The van der Waals surface area contributed by atoms with Crippen LogP contribution < -0.4 is 16.0 Å². The summed E-state index contributed by atoms with van der Waals surface area (Å²) in [6.45, 7) is 4.96. The zero-order valence-electron chi connectivity index (χ0n) is 17.8. The maximum Gasteiger partial charge on any atom is 0.251 e. The molecule has 160 valence electrons. The predicted octanol–water partition coefficient (Wildman–Crippen LogP) is 4.97. The summed E-state index contributed by atoms with van der Waals surface area (Å²) in [5.41, 5.74) is 4.66. The van der Waals surface area contributed by atoms with E-state index in [1.165, 1.54) is 24.0 Å². The van der Waals surface area contributed by atoms with Crippen LogP contribution in [0.1, 0.15) is 54.1 Å². The van der Waals surface area contributed by atoms with Crippen molar-refractivity contribution in [2.24, 2.45) is 0 Å². The largest absolute Gasteiger partial charge is 0.371 e. The maximum atomic E-state index is 12.5. The van der Waals surface area contributed by atoms with Crippen molar-refractivity contribution in [3.05, 3.63) is 59.2 Å². The van der Waals surface area contributed by atoms with E-state index < -0.39 is 0 Å². The quantitative estimate of drug-likeness (QED) is 0.470. The number of fused-ring (bicyclic) bond motifs is 1. The highest BCUT2D eigenvalue weighted by molar-refractivity contribution is 7.98. The van der Waals surface area contributed by atoms with Gasteiger partial charge in [-0.25, -0.2) is 0 Å². The van der Waals surface area contributed by atoms with Crippen LogP contribution in [0.2, 0.25) is 0 Å². The van der Waals surface area contributed by atoms with Gasteiger partial charge in [0.25, 0.3) is 5.91 Å². The van der Waals surface area contributed by atoms with Crippen LogP contribution in [0.15, 0.2) is 42.5 Å². The molecule has 2 aromatic rings. The fourth-order valence-electron chi connectivity index (χ4n) is 3.42. The summed E-state index contributed by atoms with van der Waals surface area (Å²) >= 11 is 1.74. The number of anilines is 2. The van der Waals surface area contributed by atoms with Crippen LogP contribution in [0.5, 0.6) is 0 Å². The number of unbranched alkanes of at least 4 members (excludes halogenated alkanes) is 3. The van der Waals surface area contributed by atoms with Crippen LogP contribution in [0.4, 0.5) is 11.4 Å². The van der Waals surface area contributed by atoms with Crippen molar-refractivity contribution >= 4 is 35.0 Å². The van der Waals surface area contributed by atoms with Gasteiger partial charge in [0.2, 0.25) is 5.91 Å². The normalized spacial score (nSPS) is 15.1. The van der Waals surface area contributed by atoms with Crippen LogP contribution in [0, 0.1) is 6.92 Å². The maximum absolute atomic E-state index is 12.5. The molecule has 0 spiro atoms. The molecule has 0 unspecified atom stereocenters. The molecule has 1 aliphatic rings. The molecule has 0 aromatic heterocycles. The van der Waals surface area contributed by atoms with E-state index in [1.54, 1.807) is 17.8 Å². The van der Waals surface area contributed by atoms with Gasteiger partial charge in [0, 0.05) is 23.6 Å². The van der Waals surface area contributed by atoms with Gasteiger partial charge in [-0.2, -0.15) is 11.8 Å². The minimum atomic E-state index is -0.287. The molecule has 0 saturated carbocycles.